The van der Waals surface area contributed by atoms with E-state index in [1.807, 2.05) is 0 Å². The molecule has 0 aliphatic carbocycles. The molecule has 0 atom stereocenters. The molecular formula is C22H24F2N2O4S. The van der Waals surface area contributed by atoms with E-state index in [1.54, 1.807) is 31.2 Å². The molecule has 0 radical (unpaired) electrons. The predicted octanol–water partition coefficient (Wildman–Crippen LogP) is 3.16. The molecule has 1 aliphatic rings. The van der Waals surface area contributed by atoms with Crippen LogP contribution in [0.25, 0.3) is 0 Å². The van der Waals surface area contributed by atoms with Gasteiger partial charge in [0, 0.05) is 19.0 Å². The third-order valence-corrected chi connectivity index (χ3v) is 6.60. The third kappa shape index (κ3) is 5.28. The first kappa shape index (κ1) is 22.9. The molecule has 1 aliphatic heterocycles. The third-order valence-electron chi connectivity index (χ3n) is 5.48. The van der Waals surface area contributed by atoms with Crippen LogP contribution < -0.4 is 4.31 Å². The van der Waals surface area contributed by atoms with Crippen LogP contribution in [0, 0.1) is 24.5 Å². The Hall–Kier alpha value is -2.81. The second-order valence-corrected chi connectivity index (χ2v) is 9.61. The highest BCUT2D eigenvalue weighted by atomic mass is 32.2. The number of ketones is 1. The number of amides is 1. The van der Waals surface area contributed by atoms with Crippen molar-refractivity contribution in [1.82, 2.24) is 4.90 Å². The Morgan fingerprint density at radius 3 is 2.35 bits per heavy atom. The monoisotopic (exact) mass is 450 g/mol. The number of halogens is 2. The highest BCUT2D eigenvalue weighted by Crippen LogP contribution is 2.25. The van der Waals surface area contributed by atoms with Gasteiger partial charge < -0.3 is 4.90 Å². The number of para-hydroxylation sites is 1. The zero-order valence-electron chi connectivity index (χ0n) is 17.3. The Bertz CT molecular complexity index is 1100. The molecule has 3 rings (SSSR count). The first-order valence-corrected chi connectivity index (χ1v) is 11.7. The molecule has 166 valence electrons. The normalized spacial score (nSPS) is 15.0. The zero-order chi connectivity index (χ0) is 22.8. The molecule has 0 N–H and O–H groups in total. The predicted molar refractivity (Wildman–Crippen MR) is 113 cm³/mol. The summed E-state index contributed by atoms with van der Waals surface area (Å²) in [6.45, 7) is 1.89. The van der Waals surface area contributed by atoms with Crippen LogP contribution in [-0.4, -0.2) is 50.9 Å². The molecule has 1 saturated heterocycles. The van der Waals surface area contributed by atoms with Crippen LogP contribution in [0.15, 0.2) is 42.5 Å². The van der Waals surface area contributed by atoms with Gasteiger partial charge in [0.15, 0.2) is 5.78 Å². The number of benzene rings is 2. The smallest absolute Gasteiger partial charge is 0.243 e. The van der Waals surface area contributed by atoms with Gasteiger partial charge in [-0.25, -0.2) is 17.2 Å². The zero-order valence-corrected chi connectivity index (χ0v) is 18.2. The van der Waals surface area contributed by atoms with E-state index in [-0.39, 0.29) is 31.1 Å². The minimum absolute atomic E-state index is 0.234. The number of aryl methyl sites for hydroxylation is 1. The number of Topliss-reactive ketones (excluding diaryl/α,β-unsaturated/α-hetero) is 1. The van der Waals surface area contributed by atoms with E-state index in [2.05, 4.69) is 0 Å². The number of likely N-dealkylation sites (tertiary alicyclic amines) is 1. The van der Waals surface area contributed by atoms with Crippen molar-refractivity contribution in [3.8, 4) is 0 Å². The SMILES string of the molecule is Cc1ccccc1N(CC(=O)N1CCC(C(=O)c2cc(F)ccc2F)CC1)S(C)(=O)=O. The lowest BCUT2D eigenvalue weighted by atomic mass is 9.88. The second kappa shape index (κ2) is 9.13. The number of hydrogen-bond donors (Lipinski definition) is 0. The Kier molecular flexibility index (Phi) is 6.74. The quantitative estimate of drug-likeness (QED) is 0.634. The summed E-state index contributed by atoms with van der Waals surface area (Å²) in [4.78, 5) is 26.9. The van der Waals surface area contributed by atoms with Crippen molar-refractivity contribution in [2.24, 2.45) is 5.92 Å². The molecule has 31 heavy (non-hydrogen) atoms. The number of anilines is 1. The molecular weight excluding hydrogens is 426 g/mol. The maximum absolute atomic E-state index is 13.9. The number of nitrogens with zero attached hydrogens (tertiary/aromatic N) is 2. The van der Waals surface area contributed by atoms with Gasteiger partial charge in [-0.05, 0) is 49.6 Å². The number of sulfonamides is 1. The lowest BCUT2D eigenvalue weighted by Crippen LogP contribution is -2.46. The van der Waals surface area contributed by atoms with Crippen molar-refractivity contribution in [3.63, 3.8) is 0 Å². The van der Waals surface area contributed by atoms with Crippen molar-refractivity contribution in [2.45, 2.75) is 19.8 Å². The standard InChI is InChI=1S/C22H24F2N2O4S/c1-15-5-3-4-6-20(15)26(31(2,29)30)14-21(27)25-11-9-16(10-12-25)22(28)18-13-17(23)7-8-19(18)24/h3-8,13,16H,9-12,14H2,1-2H3. The molecule has 0 unspecified atom stereocenters. The molecule has 1 heterocycles. The molecule has 9 heteroatoms. The summed E-state index contributed by atoms with van der Waals surface area (Å²) in [5.74, 6) is -2.85. The van der Waals surface area contributed by atoms with Crippen LogP contribution in [0.2, 0.25) is 0 Å². The van der Waals surface area contributed by atoms with Gasteiger partial charge in [-0.15, -0.1) is 0 Å². The Morgan fingerprint density at radius 2 is 1.74 bits per heavy atom. The lowest BCUT2D eigenvalue weighted by Gasteiger charge is -2.33. The molecule has 6 nitrogen and oxygen atoms in total. The van der Waals surface area contributed by atoms with E-state index in [1.165, 1.54) is 4.90 Å². The van der Waals surface area contributed by atoms with E-state index in [0.29, 0.717) is 18.5 Å². The van der Waals surface area contributed by atoms with Crippen molar-refractivity contribution >= 4 is 27.4 Å². The molecule has 2 aromatic carbocycles. The number of piperidine rings is 1. The summed E-state index contributed by atoms with van der Waals surface area (Å²) < 4.78 is 53.0. The molecule has 2 aromatic rings. The van der Waals surface area contributed by atoms with Crippen LogP contribution in [0.1, 0.15) is 28.8 Å². The van der Waals surface area contributed by atoms with Crippen molar-refractivity contribution in [3.05, 3.63) is 65.2 Å². The summed E-state index contributed by atoms with van der Waals surface area (Å²) >= 11 is 0. The molecule has 0 saturated carbocycles. The molecule has 0 spiro atoms. The van der Waals surface area contributed by atoms with Crippen LogP contribution in [-0.2, 0) is 14.8 Å². The van der Waals surface area contributed by atoms with E-state index >= 15 is 0 Å². The maximum Gasteiger partial charge on any atom is 0.243 e. The lowest BCUT2D eigenvalue weighted by molar-refractivity contribution is -0.130. The Balaban J connectivity index is 1.67. The fourth-order valence-corrected chi connectivity index (χ4v) is 4.65. The van der Waals surface area contributed by atoms with E-state index in [4.69, 9.17) is 0 Å². The first-order chi connectivity index (χ1) is 14.6. The van der Waals surface area contributed by atoms with E-state index in [9.17, 15) is 26.8 Å². The number of carbonyl (C=O) groups excluding carboxylic acids is 2. The first-order valence-electron chi connectivity index (χ1n) is 9.88. The average molecular weight is 451 g/mol. The maximum atomic E-state index is 13.9. The highest BCUT2D eigenvalue weighted by Gasteiger charge is 2.31. The fourth-order valence-electron chi connectivity index (χ4n) is 3.74. The van der Waals surface area contributed by atoms with Gasteiger partial charge in [0.2, 0.25) is 15.9 Å². The van der Waals surface area contributed by atoms with Crippen molar-refractivity contribution in [1.29, 1.82) is 0 Å². The van der Waals surface area contributed by atoms with Crippen LogP contribution in [0.4, 0.5) is 14.5 Å². The molecule has 1 fully saturated rings. The second-order valence-electron chi connectivity index (χ2n) is 7.70. The minimum Gasteiger partial charge on any atom is -0.341 e. The fraction of sp³-hybridized carbons (Fsp3) is 0.364. The largest absolute Gasteiger partial charge is 0.341 e. The summed E-state index contributed by atoms with van der Waals surface area (Å²) in [7, 11) is -3.69. The highest BCUT2D eigenvalue weighted by molar-refractivity contribution is 7.92. The molecule has 0 bridgehead atoms. The topological polar surface area (TPSA) is 74.8 Å². The number of rotatable bonds is 6. The summed E-state index contributed by atoms with van der Waals surface area (Å²) in [5.41, 5.74) is 0.875. The number of hydrogen-bond acceptors (Lipinski definition) is 4. The van der Waals surface area contributed by atoms with Crippen molar-refractivity contribution < 1.29 is 26.8 Å². The summed E-state index contributed by atoms with van der Waals surface area (Å²) in [6, 6.07) is 9.66. The van der Waals surface area contributed by atoms with Gasteiger partial charge in [-0.3, -0.25) is 13.9 Å². The Labute approximate surface area is 180 Å². The Morgan fingerprint density at radius 1 is 1.10 bits per heavy atom. The van der Waals surface area contributed by atoms with Crippen molar-refractivity contribution in [2.75, 3.05) is 30.2 Å². The van der Waals surface area contributed by atoms with Gasteiger partial charge in [0.25, 0.3) is 0 Å². The van der Waals surface area contributed by atoms with Gasteiger partial charge in [-0.1, -0.05) is 18.2 Å². The summed E-state index contributed by atoms with van der Waals surface area (Å²) in [5, 5.41) is 0. The van der Waals surface area contributed by atoms with Crippen LogP contribution >= 0.6 is 0 Å². The van der Waals surface area contributed by atoms with Gasteiger partial charge in [-0.2, -0.15) is 0 Å². The van der Waals surface area contributed by atoms with Gasteiger partial charge in [0.1, 0.15) is 18.2 Å². The van der Waals surface area contributed by atoms with Gasteiger partial charge >= 0.3 is 0 Å². The molecule has 0 aromatic heterocycles. The molecule has 1 amide bonds. The minimum atomic E-state index is -3.69. The average Bonchev–Trinajstić information content (AvgIpc) is 2.73. The van der Waals surface area contributed by atoms with Crippen LogP contribution in [0.3, 0.4) is 0 Å². The van der Waals surface area contributed by atoms with E-state index in [0.717, 1.165) is 34.3 Å². The van der Waals surface area contributed by atoms with Gasteiger partial charge in [0.05, 0.1) is 17.5 Å². The van der Waals surface area contributed by atoms with E-state index < -0.39 is 33.4 Å². The van der Waals surface area contributed by atoms with Crippen LogP contribution in [0.5, 0.6) is 0 Å². The number of carbonyl (C=O) groups is 2. The summed E-state index contributed by atoms with van der Waals surface area (Å²) in [6.07, 6.45) is 1.64.